The van der Waals surface area contributed by atoms with Crippen LogP contribution in [0.5, 0.6) is 0 Å². The molecule has 0 aromatic heterocycles. The Labute approximate surface area is 110 Å². The third-order valence-corrected chi connectivity index (χ3v) is 4.11. The Bertz CT molecular complexity index is 378. The van der Waals surface area contributed by atoms with E-state index in [2.05, 4.69) is 28.7 Å². The first-order chi connectivity index (χ1) is 7.75. The second kappa shape index (κ2) is 5.80. The van der Waals surface area contributed by atoms with E-state index < -0.39 is 0 Å². The Morgan fingerprint density at radius 2 is 2.00 bits per heavy atom. The zero-order chi connectivity index (χ0) is 11.4. The van der Waals surface area contributed by atoms with Crippen molar-refractivity contribution in [2.24, 2.45) is 5.92 Å². The molecule has 1 aromatic carbocycles. The van der Waals surface area contributed by atoms with E-state index in [1.165, 1.54) is 41.8 Å². The van der Waals surface area contributed by atoms with Crippen molar-refractivity contribution in [1.29, 1.82) is 0 Å². The van der Waals surface area contributed by atoms with Crippen LogP contribution in [0.1, 0.15) is 37.7 Å². The molecule has 0 amide bonds. The van der Waals surface area contributed by atoms with E-state index in [0.29, 0.717) is 5.92 Å². The van der Waals surface area contributed by atoms with Crippen LogP contribution in [0.4, 0.5) is 4.39 Å². The number of hydrogen-bond donors (Lipinski definition) is 0. The van der Waals surface area contributed by atoms with Crippen molar-refractivity contribution in [3.05, 3.63) is 41.7 Å². The molecule has 86 valence electrons. The molecule has 0 saturated heterocycles. The van der Waals surface area contributed by atoms with Crippen LogP contribution in [0.25, 0.3) is 3.58 Å². The summed E-state index contributed by atoms with van der Waals surface area (Å²) in [6.07, 6.45) is 8.96. The molecule has 0 heterocycles. The summed E-state index contributed by atoms with van der Waals surface area (Å²) >= 11 is 2.32. The van der Waals surface area contributed by atoms with Gasteiger partial charge >= 0.3 is 0 Å². The van der Waals surface area contributed by atoms with Gasteiger partial charge in [0.1, 0.15) is 5.82 Å². The summed E-state index contributed by atoms with van der Waals surface area (Å²) in [7, 11) is 0. The SMILES string of the molecule is Fc1cccc(/C(I)=C/C2CCCCC2)c1. The molecule has 1 fully saturated rings. The molecule has 2 rings (SSSR count). The number of allylic oxidation sites excluding steroid dienone is 1. The molecule has 0 atom stereocenters. The molecule has 1 aromatic rings. The summed E-state index contributed by atoms with van der Waals surface area (Å²) in [6.45, 7) is 0. The highest BCUT2D eigenvalue weighted by atomic mass is 127. The lowest BCUT2D eigenvalue weighted by atomic mass is 9.89. The van der Waals surface area contributed by atoms with Gasteiger partial charge in [-0.1, -0.05) is 37.5 Å². The Morgan fingerprint density at radius 1 is 1.25 bits per heavy atom. The Kier molecular flexibility index (Phi) is 4.38. The molecule has 0 N–H and O–H groups in total. The van der Waals surface area contributed by atoms with Gasteiger partial charge in [0, 0.05) is 3.58 Å². The third kappa shape index (κ3) is 3.30. The van der Waals surface area contributed by atoms with Gasteiger partial charge in [0.25, 0.3) is 0 Å². The van der Waals surface area contributed by atoms with Gasteiger partial charge in [-0.05, 0) is 59.0 Å². The average Bonchev–Trinajstić information content (AvgIpc) is 2.30. The van der Waals surface area contributed by atoms with E-state index in [9.17, 15) is 4.39 Å². The van der Waals surface area contributed by atoms with Crippen LogP contribution in [0.2, 0.25) is 0 Å². The normalized spacial score (nSPS) is 18.8. The van der Waals surface area contributed by atoms with Crippen molar-refractivity contribution in [3.63, 3.8) is 0 Å². The van der Waals surface area contributed by atoms with Gasteiger partial charge in [-0.3, -0.25) is 0 Å². The van der Waals surface area contributed by atoms with Crippen molar-refractivity contribution < 1.29 is 4.39 Å². The molecule has 2 heteroatoms. The number of rotatable bonds is 2. The molecular weight excluding hydrogens is 314 g/mol. The number of benzene rings is 1. The van der Waals surface area contributed by atoms with Crippen molar-refractivity contribution in [3.8, 4) is 0 Å². The smallest absolute Gasteiger partial charge is 0.123 e. The van der Waals surface area contributed by atoms with Gasteiger partial charge in [-0.2, -0.15) is 0 Å². The second-order valence-electron chi connectivity index (χ2n) is 4.42. The second-order valence-corrected chi connectivity index (χ2v) is 5.59. The Morgan fingerprint density at radius 3 is 2.69 bits per heavy atom. The molecule has 1 saturated carbocycles. The molecule has 16 heavy (non-hydrogen) atoms. The highest BCUT2D eigenvalue weighted by Gasteiger charge is 2.11. The minimum Gasteiger partial charge on any atom is -0.207 e. The van der Waals surface area contributed by atoms with Crippen LogP contribution in [-0.2, 0) is 0 Å². The molecule has 0 radical (unpaired) electrons. The van der Waals surface area contributed by atoms with Gasteiger partial charge < -0.3 is 0 Å². The standard InChI is InChI=1S/C14H16FI/c15-13-8-4-7-12(10-13)14(16)9-11-5-2-1-3-6-11/h4,7-11H,1-3,5-6H2/b14-9-. The molecule has 0 unspecified atom stereocenters. The lowest BCUT2D eigenvalue weighted by molar-refractivity contribution is 0.420. The van der Waals surface area contributed by atoms with Crippen LogP contribution in [-0.4, -0.2) is 0 Å². The van der Waals surface area contributed by atoms with Gasteiger partial charge in [0.15, 0.2) is 0 Å². The summed E-state index contributed by atoms with van der Waals surface area (Å²) in [5.74, 6) is 0.549. The first kappa shape index (κ1) is 12.1. The molecule has 0 spiro atoms. The van der Waals surface area contributed by atoms with Crippen molar-refractivity contribution in [2.75, 3.05) is 0 Å². The topological polar surface area (TPSA) is 0 Å². The third-order valence-electron chi connectivity index (χ3n) is 3.13. The molecule has 0 nitrogen and oxygen atoms in total. The molecule has 1 aliphatic carbocycles. The lowest BCUT2D eigenvalue weighted by Crippen LogP contribution is -2.03. The minimum absolute atomic E-state index is 0.149. The van der Waals surface area contributed by atoms with Gasteiger partial charge in [0.05, 0.1) is 0 Å². The molecular formula is C14H16FI. The van der Waals surface area contributed by atoms with Crippen LogP contribution in [0.15, 0.2) is 30.3 Å². The maximum Gasteiger partial charge on any atom is 0.123 e. The van der Waals surface area contributed by atoms with Gasteiger partial charge in [-0.25, -0.2) is 4.39 Å². The van der Waals surface area contributed by atoms with Crippen molar-refractivity contribution >= 4 is 26.2 Å². The van der Waals surface area contributed by atoms with Gasteiger partial charge in [0.2, 0.25) is 0 Å². The fraction of sp³-hybridized carbons (Fsp3) is 0.429. The molecule has 0 bridgehead atoms. The van der Waals surface area contributed by atoms with Crippen LogP contribution >= 0.6 is 22.6 Å². The Balaban J connectivity index is 2.10. The van der Waals surface area contributed by atoms with Crippen LogP contribution in [0, 0.1) is 11.7 Å². The quantitative estimate of drug-likeness (QED) is 0.655. The van der Waals surface area contributed by atoms with Crippen molar-refractivity contribution in [2.45, 2.75) is 32.1 Å². The summed E-state index contributed by atoms with van der Waals surface area (Å²) in [5.41, 5.74) is 1.01. The zero-order valence-corrected chi connectivity index (χ0v) is 11.4. The number of hydrogen-bond acceptors (Lipinski definition) is 0. The fourth-order valence-electron chi connectivity index (χ4n) is 2.24. The summed E-state index contributed by atoms with van der Waals surface area (Å²) in [6, 6.07) is 6.86. The molecule has 0 aliphatic heterocycles. The van der Waals surface area contributed by atoms with Gasteiger partial charge in [-0.15, -0.1) is 0 Å². The van der Waals surface area contributed by atoms with Crippen molar-refractivity contribution in [1.82, 2.24) is 0 Å². The first-order valence-corrected chi connectivity index (χ1v) is 6.97. The largest absolute Gasteiger partial charge is 0.207 e. The highest BCUT2D eigenvalue weighted by Crippen LogP contribution is 2.30. The van der Waals surface area contributed by atoms with Crippen LogP contribution < -0.4 is 0 Å². The summed E-state index contributed by atoms with van der Waals surface area (Å²) in [4.78, 5) is 0. The molecule has 1 aliphatic rings. The first-order valence-electron chi connectivity index (χ1n) is 5.89. The lowest BCUT2D eigenvalue weighted by Gasteiger charge is -2.18. The predicted octanol–water partition coefficient (Wildman–Crippen LogP) is 5.18. The fourth-order valence-corrected chi connectivity index (χ4v) is 3.09. The van der Waals surface area contributed by atoms with E-state index in [-0.39, 0.29) is 5.82 Å². The summed E-state index contributed by atoms with van der Waals surface area (Å²) in [5, 5.41) is 0. The monoisotopic (exact) mass is 330 g/mol. The van der Waals surface area contributed by atoms with Crippen LogP contribution in [0.3, 0.4) is 0 Å². The zero-order valence-electron chi connectivity index (χ0n) is 9.26. The predicted molar refractivity (Wildman–Crippen MR) is 75.0 cm³/mol. The maximum atomic E-state index is 13.1. The average molecular weight is 330 g/mol. The Hall–Kier alpha value is -0.380. The number of halogens is 2. The summed E-state index contributed by atoms with van der Waals surface area (Å²) < 4.78 is 14.3. The van der Waals surface area contributed by atoms with E-state index >= 15 is 0 Å². The minimum atomic E-state index is -0.149. The maximum absolute atomic E-state index is 13.1. The van der Waals surface area contributed by atoms with E-state index in [4.69, 9.17) is 0 Å². The van der Waals surface area contributed by atoms with E-state index in [1.807, 2.05) is 6.07 Å². The highest BCUT2D eigenvalue weighted by molar-refractivity contribution is 14.1. The van der Waals surface area contributed by atoms with E-state index in [1.54, 1.807) is 12.1 Å². The van der Waals surface area contributed by atoms with E-state index in [0.717, 1.165) is 5.56 Å².